The van der Waals surface area contributed by atoms with Crippen molar-refractivity contribution in [3.05, 3.63) is 70.6 Å². The molecule has 2 aromatic carbocycles. The van der Waals surface area contributed by atoms with Crippen molar-refractivity contribution < 1.29 is 9.32 Å². The predicted molar refractivity (Wildman–Crippen MR) is 96.1 cm³/mol. The lowest BCUT2D eigenvalue weighted by molar-refractivity contribution is -0.121. The smallest absolute Gasteiger partial charge is 0.227 e. The highest BCUT2D eigenvalue weighted by Gasteiger charge is 2.10. The van der Waals surface area contributed by atoms with Crippen LogP contribution in [0.4, 0.5) is 0 Å². The molecule has 3 aromatic rings. The summed E-state index contributed by atoms with van der Waals surface area (Å²) in [4.78, 5) is 16.3. The molecule has 1 N–H and O–H groups in total. The topological polar surface area (TPSA) is 68.0 Å². The first-order chi connectivity index (χ1) is 12.1. The van der Waals surface area contributed by atoms with Crippen LogP contribution in [0.1, 0.15) is 23.4 Å². The predicted octanol–water partition coefficient (Wildman–Crippen LogP) is 3.95. The van der Waals surface area contributed by atoms with Gasteiger partial charge in [-0.25, -0.2) is 0 Å². The van der Waals surface area contributed by atoms with Gasteiger partial charge in [-0.15, -0.1) is 0 Å². The number of carbonyl (C=O) groups is 1. The van der Waals surface area contributed by atoms with Crippen molar-refractivity contribution >= 4 is 17.5 Å². The van der Waals surface area contributed by atoms with Gasteiger partial charge < -0.3 is 9.84 Å². The van der Waals surface area contributed by atoms with Gasteiger partial charge in [0.2, 0.25) is 17.6 Å². The fraction of sp³-hybridized carbons (Fsp3) is 0.211. The lowest BCUT2D eigenvalue weighted by atomic mass is 10.1. The van der Waals surface area contributed by atoms with Crippen LogP contribution in [-0.2, 0) is 17.8 Å². The number of amides is 1. The van der Waals surface area contributed by atoms with E-state index in [0.29, 0.717) is 36.1 Å². The largest absolute Gasteiger partial charge is 0.352 e. The van der Waals surface area contributed by atoms with Crippen LogP contribution in [0.15, 0.2) is 53.1 Å². The number of hydrogen-bond acceptors (Lipinski definition) is 4. The Morgan fingerprint density at radius 2 is 2.00 bits per heavy atom. The van der Waals surface area contributed by atoms with E-state index in [0.717, 1.165) is 16.7 Å². The number of nitrogens with one attached hydrogen (secondary N) is 1. The molecular weight excluding hydrogens is 338 g/mol. The number of carbonyl (C=O) groups excluding carboxylic acids is 1. The monoisotopic (exact) mass is 355 g/mol. The fourth-order valence-electron chi connectivity index (χ4n) is 2.37. The van der Waals surface area contributed by atoms with E-state index in [1.54, 1.807) is 12.1 Å². The second-order valence-electron chi connectivity index (χ2n) is 5.78. The van der Waals surface area contributed by atoms with E-state index in [1.807, 2.05) is 43.3 Å². The minimum absolute atomic E-state index is 0.0646. The summed E-state index contributed by atoms with van der Waals surface area (Å²) >= 11 is 5.84. The molecule has 0 spiro atoms. The van der Waals surface area contributed by atoms with Crippen molar-refractivity contribution in [2.45, 2.75) is 26.3 Å². The molecular formula is C19H18ClN3O2. The molecule has 0 saturated heterocycles. The van der Waals surface area contributed by atoms with Gasteiger partial charge in [-0.1, -0.05) is 52.7 Å². The zero-order valence-corrected chi connectivity index (χ0v) is 14.6. The maximum absolute atomic E-state index is 12.0. The highest BCUT2D eigenvalue weighted by atomic mass is 35.5. The second-order valence-corrected chi connectivity index (χ2v) is 6.22. The Morgan fingerprint density at radius 3 is 2.76 bits per heavy atom. The van der Waals surface area contributed by atoms with Crippen molar-refractivity contribution in [1.82, 2.24) is 15.5 Å². The molecule has 0 aliphatic heterocycles. The van der Waals surface area contributed by atoms with E-state index in [2.05, 4.69) is 15.5 Å². The van der Waals surface area contributed by atoms with E-state index >= 15 is 0 Å². The van der Waals surface area contributed by atoms with Crippen LogP contribution in [0.5, 0.6) is 0 Å². The molecule has 0 aliphatic carbocycles. The normalized spacial score (nSPS) is 10.6. The van der Waals surface area contributed by atoms with Gasteiger partial charge in [0.15, 0.2) is 0 Å². The van der Waals surface area contributed by atoms with E-state index in [4.69, 9.17) is 16.1 Å². The highest BCUT2D eigenvalue weighted by Crippen LogP contribution is 2.17. The standard InChI is InChI=1S/C19H18ClN3O2/c1-13-3-2-4-15(11-13)19-22-18(25-23-19)10-9-17(24)21-12-14-5-7-16(20)8-6-14/h2-8,11H,9-10,12H2,1H3,(H,21,24). The van der Waals surface area contributed by atoms with Crippen molar-refractivity contribution in [3.63, 3.8) is 0 Å². The molecule has 1 heterocycles. The first-order valence-corrected chi connectivity index (χ1v) is 8.39. The lowest BCUT2D eigenvalue weighted by Gasteiger charge is -2.04. The Kier molecular flexibility index (Phi) is 5.46. The van der Waals surface area contributed by atoms with E-state index < -0.39 is 0 Å². The van der Waals surface area contributed by atoms with Crippen molar-refractivity contribution in [2.24, 2.45) is 0 Å². The molecule has 0 radical (unpaired) electrons. The average molecular weight is 356 g/mol. The van der Waals surface area contributed by atoms with Crippen LogP contribution >= 0.6 is 11.6 Å². The average Bonchev–Trinajstić information content (AvgIpc) is 3.08. The summed E-state index contributed by atoms with van der Waals surface area (Å²) < 4.78 is 5.23. The van der Waals surface area contributed by atoms with Crippen molar-refractivity contribution in [2.75, 3.05) is 0 Å². The molecule has 0 aliphatic rings. The maximum Gasteiger partial charge on any atom is 0.227 e. The van der Waals surface area contributed by atoms with E-state index in [1.165, 1.54) is 0 Å². The summed E-state index contributed by atoms with van der Waals surface area (Å²) in [5.74, 6) is 0.934. The van der Waals surface area contributed by atoms with Gasteiger partial charge in [0.1, 0.15) is 0 Å². The summed E-state index contributed by atoms with van der Waals surface area (Å²) in [6.07, 6.45) is 0.703. The van der Waals surface area contributed by atoms with Crippen LogP contribution in [0.2, 0.25) is 5.02 Å². The summed E-state index contributed by atoms with van der Waals surface area (Å²) in [6, 6.07) is 15.3. The molecule has 0 bridgehead atoms. The van der Waals surface area contributed by atoms with Gasteiger partial charge in [-0.2, -0.15) is 4.98 Å². The molecule has 5 nitrogen and oxygen atoms in total. The minimum atomic E-state index is -0.0646. The molecule has 0 fully saturated rings. The third-order valence-electron chi connectivity index (χ3n) is 3.71. The third-order valence-corrected chi connectivity index (χ3v) is 3.97. The van der Waals surface area contributed by atoms with Crippen molar-refractivity contribution in [1.29, 1.82) is 0 Å². The number of benzene rings is 2. The molecule has 3 rings (SSSR count). The maximum atomic E-state index is 12.0. The first-order valence-electron chi connectivity index (χ1n) is 8.01. The molecule has 0 atom stereocenters. The lowest BCUT2D eigenvalue weighted by Crippen LogP contribution is -2.23. The van der Waals surface area contributed by atoms with Crippen LogP contribution < -0.4 is 5.32 Å². The number of aromatic nitrogens is 2. The van der Waals surface area contributed by atoms with Crippen LogP contribution in [-0.4, -0.2) is 16.0 Å². The van der Waals surface area contributed by atoms with Gasteiger partial charge >= 0.3 is 0 Å². The Morgan fingerprint density at radius 1 is 1.20 bits per heavy atom. The van der Waals surface area contributed by atoms with E-state index in [9.17, 15) is 4.79 Å². The van der Waals surface area contributed by atoms with Gasteiger partial charge in [-0.05, 0) is 30.7 Å². The van der Waals surface area contributed by atoms with Gasteiger partial charge in [0, 0.05) is 30.0 Å². The van der Waals surface area contributed by atoms with Gasteiger partial charge in [0.25, 0.3) is 0 Å². The zero-order chi connectivity index (χ0) is 17.6. The van der Waals surface area contributed by atoms with Crippen LogP contribution in [0.3, 0.4) is 0 Å². The SMILES string of the molecule is Cc1cccc(-c2noc(CCC(=O)NCc3ccc(Cl)cc3)n2)c1. The number of aryl methyl sites for hydroxylation is 2. The molecule has 6 heteroatoms. The molecule has 25 heavy (non-hydrogen) atoms. The third kappa shape index (κ3) is 4.90. The molecule has 0 unspecified atom stereocenters. The fourth-order valence-corrected chi connectivity index (χ4v) is 2.50. The van der Waals surface area contributed by atoms with Gasteiger partial charge in [0.05, 0.1) is 0 Å². The number of rotatable bonds is 6. The number of hydrogen-bond donors (Lipinski definition) is 1. The summed E-state index contributed by atoms with van der Waals surface area (Å²) in [7, 11) is 0. The zero-order valence-electron chi connectivity index (χ0n) is 13.8. The summed E-state index contributed by atoms with van der Waals surface area (Å²) in [6.45, 7) is 2.48. The molecule has 128 valence electrons. The first kappa shape index (κ1) is 17.2. The quantitative estimate of drug-likeness (QED) is 0.727. The Balaban J connectivity index is 1.50. The summed E-state index contributed by atoms with van der Waals surface area (Å²) in [5.41, 5.74) is 3.03. The molecule has 0 saturated carbocycles. The minimum Gasteiger partial charge on any atom is -0.352 e. The Hall–Kier alpha value is -2.66. The molecule has 1 aromatic heterocycles. The number of halogens is 1. The Bertz CT molecular complexity index is 859. The highest BCUT2D eigenvalue weighted by molar-refractivity contribution is 6.30. The number of nitrogens with zero attached hydrogens (tertiary/aromatic N) is 2. The summed E-state index contributed by atoms with van der Waals surface area (Å²) in [5, 5.41) is 7.52. The Labute approximate surface area is 151 Å². The van der Waals surface area contributed by atoms with Gasteiger partial charge in [-0.3, -0.25) is 4.79 Å². The molecule has 1 amide bonds. The van der Waals surface area contributed by atoms with E-state index in [-0.39, 0.29) is 5.91 Å². The second kappa shape index (κ2) is 7.94. The van der Waals surface area contributed by atoms with Crippen molar-refractivity contribution in [3.8, 4) is 11.4 Å². The van der Waals surface area contributed by atoms with Crippen LogP contribution in [0.25, 0.3) is 11.4 Å². The van der Waals surface area contributed by atoms with Crippen LogP contribution in [0, 0.1) is 6.92 Å².